The lowest BCUT2D eigenvalue weighted by Gasteiger charge is -2.09. The van der Waals surface area contributed by atoms with Gasteiger partial charge in [0.25, 0.3) is 5.91 Å². The van der Waals surface area contributed by atoms with Gasteiger partial charge in [-0.15, -0.1) is 0 Å². The quantitative estimate of drug-likeness (QED) is 0.615. The van der Waals surface area contributed by atoms with Gasteiger partial charge in [-0.2, -0.15) is 0 Å². The van der Waals surface area contributed by atoms with Crippen LogP contribution in [0.3, 0.4) is 0 Å². The third-order valence-electron chi connectivity index (χ3n) is 3.88. The zero-order valence-electron chi connectivity index (χ0n) is 15.4. The molecule has 142 valence electrons. The van der Waals surface area contributed by atoms with Crippen LogP contribution in [0.15, 0.2) is 67.1 Å². The summed E-state index contributed by atoms with van der Waals surface area (Å²) in [4.78, 5) is 32.1. The highest BCUT2D eigenvalue weighted by Gasteiger charge is 2.09. The zero-order chi connectivity index (χ0) is 19.8. The van der Waals surface area contributed by atoms with Crippen LogP contribution in [0.1, 0.15) is 33.3 Å². The largest absolute Gasteiger partial charge is 0.462 e. The van der Waals surface area contributed by atoms with Gasteiger partial charge in [0, 0.05) is 36.5 Å². The van der Waals surface area contributed by atoms with Crippen LogP contribution in [-0.2, 0) is 11.3 Å². The highest BCUT2D eigenvalue weighted by Crippen LogP contribution is 2.18. The highest BCUT2D eigenvalue weighted by atomic mass is 16.5. The van der Waals surface area contributed by atoms with Gasteiger partial charge in [0.1, 0.15) is 5.69 Å². The Hall–Kier alpha value is -3.74. The lowest BCUT2D eigenvalue weighted by atomic mass is 10.2. The Morgan fingerprint density at radius 2 is 1.71 bits per heavy atom. The summed E-state index contributed by atoms with van der Waals surface area (Å²) in [6, 6.07) is 14.0. The summed E-state index contributed by atoms with van der Waals surface area (Å²) in [5.74, 6) is -0.621. The number of nitrogens with one attached hydrogen (secondary N) is 2. The number of carbonyl (C=O) groups is 2. The van der Waals surface area contributed by atoms with Crippen molar-refractivity contribution >= 4 is 23.3 Å². The van der Waals surface area contributed by atoms with E-state index in [4.69, 9.17) is 4.74 Å². The molecule has 0 atom stereocenters. The third kappa shape index (κ3) is 5.14. The van der Waals surface area contributed by atoms with Crippen molar-refractivity contribution in [3.05, 3.63) is 83.9 Å². The fourth-order valence-corrected chi connectivity index (χ4v) is 2.48. The Morgan fingerprint density at radius 3 is 2.43 bits per heavy atom. The van der Waals surface area contributed by atoms with Crippen molar-refractivity contribution in [2.24, 2.45) is 0 Å². The second kappa shape index (κ2) is 9.27. The second-order valence-corrected chi connectivity index (χ2v) is 5.89. The molecule has 1 aromatic carbocycles. The van der Waals surface area contributed by atoms with E-state index in [1.165, 1.54) is 0 Å². The van der Waals surface area contributed by atoms with Crippen LogP contribution in [-0.4, -0.2) is 28.5 Å². The number of ether oxygens (including phenoxy) is 1. The fourth-order valence-electron chi connectivity index (χ4n) is 2.48. The van der Waals surface area contributed by atoms with E-state index in [0.717, 1.165) is 11.3 Å². The van der Waals surface area contributed by atoms with Gasteiger partial charge in [0.2, 0.25) is 0 Å². The molecule has 7 heteroatoms. The molecule has 3 rings (SSSR count). The van der Waals surface area contributed by atoms with Crippen LogP contribution in [0.5, 0.6) is 0 Å². The van der Waals surface area contributed by atoms with E-state index in [1.807, 2.05) is 12.1 Å². The van der Waals surface area contributed by atoms with Gasteiger partial charge in [-0.3, -0.25) is 14.8 Å². The molecule has 2 heterocycles. The number of hydrogen-bond donors (Lipinski definition) is 2. The summed E-state index contributed by atoms with van der Waals surface area (Å²) in [6.07, 6.45) is 4.92. The van der Waals surface area contributed by atoms with Crippen molar-refractivity contribution in [3.8, 4) is 0 Å². The molecule has 0 fully saturated rings. The number of esters is 1. The van der Waals surface area contributed by atoms with Crippen molar-refractivity contribution in [1.82, 2.24) is 15.3 Å². The molecule has 0 aliphatic carbocycles. The van der Waals surface area contributed by atoms with E-state index < -0.39 is 0 Å². The van der Waals surface area contributed by atoms with E-state index in [2.05, 4.69) is 20.6 Å². The summed E-state index contributed by atoms with van der Waals surface area (Å²) in [6.45, 7) is 2.50. The minimum absolute atomic E-state index is 0.266. The maximum atomic E-state index is 12.3. The lowest BCUT2D eigenvalue weighted by Crippen LogP contribution is -2.23. The molecular formula is C21H20N4O3. The summed E-state index contributed by atoms with van der Waals surface area (Å²) in [5, 5.41) is 6.02. The summed E-state index contributed by atoms with van der Waals surface area (Å²) >= 11 is 0. The minimum Gasteiger partial charge on any atom is -0.462 e. The third-order valence-corrected chi connectivity index (χ3v) is 3.88. The van der Waals surface area contributed by atoms with E-state index in [9.17, 15) is 9.59 Å². The van der Waals surface area contributed by atoms with Crippen LogP contribution in [0, 0.1) is 0 Å². The molecule has 0 saturated carbocycles. The number of rotatable bonds is 7. The Labute approximate surface area is 162 Å². The zero-order valence-corrected chi connectivity index (χ0v) is 15.4. The van der Waals surface area contributed by atoms with E-state index in [-0.39, 0.29) is 11.9 Å². The maximum Gasteiger partial charge on any atom is 0.338 e. The first-order valence-corrected chi connectivity index (χ1v) is 8.83. The second-order valence-electron chi connectivity index (χ2n) is 5.89. The number of pyridine rings is 2. The van der Waals surface area contributed by atoms with Crippen molar-refractivity contribution < 1.29 is 14.3 Å². The molecule has 0 spiro atoms. The normalized spacial score (nSPS) is 10.2. The molecule has 7 nitrogen and oxygen atoms in total. The first-order valence-electron chi connectivity index (χ1n) is 8.83. The summed E-state index contributed by atoms with van der Waals surface area (Å²) in [5.41, 5.74) is 3.25. The maximum absolute atomic E-state index is 12.3. The van der Waals surface area contributed by atoms with Crippen LogP contribution >= 0.6 is 0 Å². The molecule has 28 heavy (non-hydrogen) atoms. The standard InChI is InChI=1S/C21H20N4O3/c1-2-28-21(27)16-3-5-17(6-4-16)25-18-9-12-23-19(13-18)20(26)24-14-15-7-10-22-11-8-15/h3-13H,2,14H2,1H3,(H,23,25)(H,24,26). The predicted molar refractivity (Wildman–Crippen MR) is 105 cm³/mol. The monoisotopic (exact) mass is 376 g/mol. The molecular weight excluding hydrogens is 356 g/mol. The molecule has 1 amide bonds. The van der Waals surface area contributed by atoms with E-state index in [0.29, 0.717) is 30.1 Å². The minimum atomic E-state index is -0.355. The molecule has 0 bridgehead atoms. The first-order chi connectivity index (χ1) is 13.7. The molecule has 0 aliphatic rings. The average Bonchev–Trinajstić information content (AvgIpc) is 2.73. The van der Waals surface area contributed by atoms with Crippen molar-refractivity contribution in [1.29, 1.82) is 0 Å². The number of aromatic nitrogens is 2. The Morgan fingerprint density at radius 1 is 0.964 bits per heavy atom. The molecule has 0 unspecified atom stereocenters. The van der Waals surface area contributed by atoms with Crippen LogP contribution in [0.2, 0.25) is 0 Å². The van der Waals surface area contributed by atoms with Gasteiger partial charge < -0.3 is 15.4 Å². The SMILES string of the molecule is CCOC(=O)c1ccc(Nc2ccnc(C(=O)NCc3ccncc3)c2)cc1. The Kier molecular flexibility index (Phi) is 6.30. The van der Waals surface area contributed by atoms with Crippen LogP contribution in [0.25, 0.3) is 0 Å². The van der Waals surface area contributed by atoms with Gasteiger partial charge in [0.15, 0.2) is 0 Å². The summed E-state index contributed by atoms with van der Waals surface area (Å²) in [7, 11) is 0. The smallest absolute Gasteiger partial charge is 0.338 e. The van der Waals surface area contributed by atoms with E-state index >= 15 is 0 Å². The number of nitrogens with zero attached hydrogens (tertiary/aromatic N) is 2. The molecule has 3 aromatic rings. The van der Waals surface area contributed by atoms with Gasteiger partial charge in [-0.1, -0.05) is 0 Å². The Balaban J connectivity index is 1.62. The molecule has 2 aromatic heterocycles. The first kappa shape index (κ1) is 19.0. The summed E-state index contributed by atoms with van der Waals surface area (Å²) < 4.78 is 4.97. The van der Waals surface area contributed by atoms with Gasteiger partial charge in [-0.05, 0) is 61.0 Å². The Bertz CT molecular complexity index is 943. The van der Waals surface area contributed by atoms with Crippen molar-refractivity contribution in [3.63, 3.8) is 0 Å². The average molecular weight is 376 g/mol. The highest BCUT2D eigenvalue weighted by molar-refractivity contribution is 5.93. The number of benzene rings is 1. The number of carbonyl (C=O) groups excluding carboxylic acids is 2. The predicted octanol–water partition coefficient (Wildman–Crippen LogP) is 3.33. The van der Waals surface area contributed by atoms with Crippen LogP contribution < -0.4 is 10.6 Å². The van der Waals surface area contributed by atoms with Gasteiger partial charge >= 0.3 is 5.97 Å². The number of amides is 1. The molecule has 0 radical (unpaired) electrons. The molecule has 0 saturated heterocycles. The van der Waals surface area contributed by atoms with E-state index in [1.54, 1.807) is 61.9 Å². The van der Waals surface area contributed by atoms with Gasteiger partial charge in [-0.25, -0.2) is 4.79 Å². The lowest BCUT2D eigenvalue weighted by molar-refractivity contribution is 0.0526. The number of anilines is 2. The van der Waals surface area contributed by atoms with Crippen molar-refractivity contribution in [2.75, 3.05) is 11.9 Å². The van der Waals surface area contributed by atoms with Crippen LogP contribution in [0.4, 0.5) is 11.4 Å². The fraction of sp³-hybridized carbons (Fsp3) is 0.143. The molecule has 2 N–H and O–H groups in total. The van der Waals surface area contributed by atoms with Gasteiger partial charge in [0.05, 0.1) is 12.2 Å². The van der Waals surface area contributed by atoms with Crippen molar-refractivity contribution in [2.45, 2.75) is 13.5 Å². The topological polar surface area (TPSA) is 93.2 Å². The molecule has 0 aliphatic heterocycles. The number of hydrogen-bond acceptors (Lipinski definition) is 6.